The van der Waals surface area contributed by atoms with Gasteiger partial charge in [-0.2, -0.15) is 0 Å². The van der Waals surface area contributed by atoms with Crippen LogP contribution in [0.2, 0.25) is 0 Å². The number of ether oxygens (including phenoxy) is 1. The minimum Gasteiger partial charge on any atom is -0.381 e. The molecule has 5 heteroatoms. The number of urea groups is 1. The van der Waals surface area contributed by atoms with Crippen molar-refractivity contribution in [2.45, 2.75) is 50.6 Å². The van der Waals surface area contributed by atoms with Crippen LogP contribution in [0.5, 0.6) is 0 Å². The van der Waals surface area contributed by atoms with Crippen molar-refractivity contribution in [1.29, 1.82) is 0 Å². The SMILES string of the molecule is O=C(NC1CCOCC1)NC(c1cccs1)C1CCCC1. The van der Waals surface area contributed by atoms with Gasteiger partial charge in [-0.1, -0.05) is 18.9 Å². The van der Waals surface area contributed by atoms with Crippen molar-refractivity contribution in [3.63, 3.8) is 0 Å². The lowest BCUT2D eigenvalue weighted by atomic mass is 9.97. The van der Waals surface area contributed by atoms with Gasteiger partial charge in [0.25, 0.3) is 0 Å². The molecule has 1 unspecified atom stereocenters. The van der Waals surface area contributed by atoms with Gasteiger partial charge in [0.2, 0.25) is 0 Å². The first-order chi connectivity index (χ1) is 10.3. The number of carbonyl (C=O) groups excluding carboxylic acids is 1. The summed E-state index contributed by atoms with van der Waals surface area (Å²) in [6.07, 6.45) is 6.85. The van der Waals surface area contributed by atoms with Gasteiger partial charge in [0.05, 0.1) is 6.04 Å². The maximum atomic E-state index is 12.3. The summed E-state index contributed by atoms with van der Waals surface area (Å²) in [4.78, 5) is 13.6. The van der Waals surface area contributed by atoms with Gasteiger partial charge >= 0.3 is 6.03 Å². The van der Waals surface area contributed by atoms with Crippen molar-refractivity contribution in [2.24, 2.45) is 5.92 Å². The van der Waals surface area contributed by atoms with Crippen LogP contribution in [0, 0.1) is 5.92 Å². The van der Waals surface area contributed by atoms with E-state index in [9.17, 15) is 4.79 Å². The van der Waals surface area contributed by atoms with Crippen LogP contribution in [0.1, 0.15) is 49.4 Å². The topological polar surface area (TPSA) is 50.4 Å². The number of amides is 2. The molecular weight excluding hydrogens is 284 g/mol. The molecule has 2 fully saturated rings. The van der Waals surface area contributed by atoms with Crippen LogP contribution in [0.25, 0.3) is 0 Å². The summed E-state index contributed by atoms with van der Waals surface area (Å²) in [5.41, 5.74) is 0. The second-order valence-electron chi connectivity index (χ2n) is 6.04. The van der Waals surface area contributed by atoms with Gasteiger partial charge in [-0.15, -0.1) is 11.3 Å². The van der Waals surface area contributed by atoms with Gasteiger partial charge in [0.1, 0.15) is 0 Å². The van der Waals surface area contributed by atoms with Crippen LogP contribution < -0.4 is 10.6 Å². The number of hydrogen-bond acceptors (Lipinski definition) is 3. The van der Waals surface area contributed by atoms with E-state index in [4.69, 9.17) is 4.74 Å². The number of thiophene rings is 1. The Bertz CT molecular complexity index is 437. The zero-order valence-electron chi connectivity index (χ0n) is 12.3. The highest BCUT2D eigenvalue weighted by Crippen LogP contribution is 2.37. The van der Waals surface area contributed by atoms with E-state index < -0.39 is 0 Å². The fourth-order valence-corrected chi connectivity index (χ4v) is 4.26. The Hall–Kier alpha value is -1.07. The van der Waals surface area contributed by atoms with Gasteiger partial charge in [-0.05, 0) is 43.0 Å². The molecule has 0 spiro atoms. The zero-order chi connectivity index (χ0) is 14.5. The minimum atomic E-state index is -0.0211. The molecule has 0 aromatic carbocycles. The number of nitrogens with one attached hydrogen (secondary N) is 2. The van der Waals surface area contributed by atoms with Crippen molar-refractivity contribution in [3.8, 4) is 0 Å². The Morgan fingerprint density at radius 1 is 1.24 bits per heavy atom. The average molecular weight is 308 g/mol. The third kappa shape index (κ3) is 3.98. The lowest BCUT2D eigenvalue weighted by Gasteiger charge is -2.27. The standard InChI is InChI=1S/C16H24N2O2S/c19-16(17-13-7-9-20-10-8-13)18-15(12-4-1-2-5-12)14-6-3-11-21-14/h3,6,11-13,15H,1-2,4-5,7-10H2,(H2,17,18,19). The van der Waals surface area contributed by atoms with Gasteiger partial charge in [-0.3, -0.25) is 0 Å². The fourth-order valence-electron chi connectivity index (χ4n) is 3.39. The van der Waals surface area contributed by atoms with E-state index in [1.165, 1.54) is 30.6 Å². The molecule has 116 valence electrons. The summed E-state index contributed by atoms with van der Waals surface area (Å²) >= 11 is 1.74. The minimum absolute atomic E-state index is 0.0211. The first kappa shape index (κ1) is 14.9. The Kier molecular flexibility index (Phi) is 5.14. The van der Waals surface area contributed by atoms with E-state index in [1.807, 2.05) is 0 Å². The van der Waals surface area contributed by atoms with Gasteiger partial charge in [-0.25, -0.2) is 4.79 Å². The lowest BCUT2D eigenvalue weighted by Crippen LogP contribution is -2.46. The predicted octanol–water partition coefficient (Wildman–Crippen LogP) is 3.46. The molecule has 0 bridgehead atoms. The van der Waals surface area contributed by atoms with Gasteiger partial charge < -0.3 is 15.4 Å². The van der Waals surface area contributed by atoms with E-state index in [0.29, 0.717) is 5.92 Å². The highest BCUT2D eigenvalue weighted by Gasteiger charge is 2.29. The van der Waals surface area contributed by atoms with Crippen molar-refractivity contribution in [2.75, 3.05) is 13.2 Å². The molecule has 2 amide bonds. The molecule has 4 nitrogen and oxygen atoms in total. The normalized spacial score (nSPS) is 22.1. The van der Waals surface area contributed by atoms with Crippen molar-refractivity contribution < 1.29 is 9.53 Å². The van der Waals surface area contributed by atoms with Crippen LogP contribution in [-0.2, 0) is 4.74 Å². The predicted molar refractivity (Wildman–Crippen MR) is 84.5 cm³/mol. The Morgan fingerprint density at radius 3 is 2.67 bits per heavy atom. The van der Waals surface area contributed by atoms with Crippen LogP contribution >= 0.6 is 11.3 Å². The Balaban J connectivity index is 1.59. The molecule has 1 aromatic rings. The first-order valence-corrected chi connectivity index (χ1v) is 8.89. The second-order valence-corrected chi connectivity index (χ2v) is 7.02. The summed E-state index contributed by atoms with van der Waals surface area (Å²) in [6.45, 7) is 1.50. The molecule has 1 atom stereocenters. The molecule has 1 aromatic heterocycles. The lowest BCUT2D eigenvalue weighted by molar-refractivity contribution is 0.0798. The quantitative estimate of drug-likeness (QED) is 0.895. The molecule has 1 aliphatic carbocycles. The Labute approximate surface area is 130 Å². The molecule has 2 N–H and O–H groups in total. The zero-order valence-corrected chi connectivity index (χ0v) is 13.2. The van der Waals surface area contributed by atoms with E-state index in [-0.39, 0.29) is 18.1 Å². The monoisotopic (exact) mass is 308 g/mol. The summed E-state index contributed by atoms with van der Waals surface area (Å²) in [5.74, 6) is 0.587. The van der Waals surface area contributed by atoms with E-state index in [1.54, 1.807) is 11.3 Å². The van der Waals surface area contributed by atoms with Crippen molar-refractivity contribution in [3.05, 3.63) is 22.4 Å². The molecule has 1 aliphatic heterocycles. The molecule has 2 heterocycles. The summed E-state index contributed by atoms with van der Waals surface area (Å²) in [5, 5.41) is 8.43. The first-order valence-electron chi connectivity index (χ1n) is 8.01. The molecule has 2 aliphatic rings. The van der Waals surface area contributed by atoms with E-state index in [0.717, 1.165) is 26.1 Å². The fraction of sp³-hybridized carbons (Fsp3) is 0.688. The highest BCUT2D eigenvalue weighted by atomic mass is 32.1. The number of hydrogen-bond donors (Lipinski definition) is 2. The largest absolute Gasteiger partial charge is 0.381 e. The summed E-state index contributed by atoms with van der Waals surface area (Å²) < 4.78 is 5.33. The van der Waals surface area contributed by atoms with E-state index in [2.05, 4.69) is 28.1 Å². The molecule has 3 rings (SSSR count). The highest BCUT2D eigenvalue weighted by molar-refractivity contribution is 7.10. The maximum absolute atomic E-state index is 12.3. The number of carbonyl (C=O) groups is 1. The van der Waals surface area contributed by atoms with Crippen LogP contribution in [0.15, 0.2) is 17.5 Å². The maximum Gasteiger partial charge on any atom is 0.315 e. The molecule has 1 saturated heterocycles. The summed E-state index contributed by atoms with van der Waals surface area (Å²) in [6, 6.07) is 4.62. The Morgan fingerprint density at radius 2 is 2.00 bits per heavy atom. The van der Waals surface area contributed by atoms with Crippen LogP contribution in [0.3, 0.4) is 0 Å². The van der Waals surface area contributed by atoms with Crippen molar-refractivity contribution in [1.82, 2.24) is 10.6 Å². The third-order valence-corrected chi connectivity index (χ3v) is 5.52. The third-order valence-electron chi connectivity index (χ3n) is 4.56. The van der Waals surface area contributed by atoms with Crippen molar-refractivity contribution >= 4 is 17.4 Å². The molecule has 21 heavy (non-hydrogen) atoms. The van der Waals surface area contributed by atoms with Crippen LogP contribution in [0.4, 0.5) is 4.79 Å². The van der Waals surface area contributed by atoms with E-state index >= 15 is 0 Å². The van der Waals surface area contributed by atoms with Gasteiger partial charge in [0.15, 0.2) is 0 Å². The molecule has 0 radical (unpaired) electrons. The second kappa shape index (κ2) is 7.27. The average Bonchev–Trinajstić information content (AvgIpc) is 3.19. The summed E-state index contributed by atoms with van der Waals surface area (Å²) in [7, 11) is 0. The van der Waals surface area contributed by atoms with Crippen LogP contribution in [-0.4, -0.2) is 25.3 Å². The number of rotatable bonds is 4. The molecular formula is C16H24N2O2S. The van der Waals surface area contributed by atoms with Gasteiger partial charge in [0, 0.05) is 24.1 Å². The smallest absolute Gasteiger partial charge is 0.315 e. The molecule has 1 saturated carbocycles.